The molecular weight excluding hydrogens is 336 g/mol. The van der Waals surface area contributed by atoms with Crippen molar-refractivity contribution in [2.75, 3.05) is 0 Å². The van der Waals surface area contributed by atoms with Gasteiger partial charge in [0.05, 0.1) is 10.6 Å². The Balaban J connectivity index is 2.23. The van der Waals surface area contributed by atoms with E-state index < -0.39 is 22.0 Å². The van der Waals surface area contributed by atoms with Crippen LogP contribution in [-0.2, 0) is 14.8 Å². The van der Waals surface area contributed by atoms with Crippen LogP contribution in [0.5, 0.6) is 0 Å². The summed E-state index contributed by atoms with van der Waals surface area (Å²) in [5, 5.41) is 9.18. The minimum Gasteiger partial charge on any atom is -0.480 e. The molecule has 0 aliphatic heterocycles. The van der Waals surface area contributed by atoms with Crippen molar-refractivity contribution in [3.63, 3.8) is 0 Å². The first-order valence-electron chi connectivity index (χ1n) is 7.06. The molecular formula is C15H18N2O4S2. The summed E-state index contributed by atoms with van der Waals surface area (Å²) in [6.45, 7) is 3.68. The minimum absolute atomic E-state index is 0.0613. The molecule has 0 bridgehead atoms. The second-order valence-corrected chi connectivity index (χ2v) is 8.50. The molecule has 0 aliphatic rings. The van der Waals surface area contributed by atoms with Crippen LogP contribution >= 0.6 is 11.3 Å². The zero-order valence-corrected chi connectivity index (χ0v) is 14.4. The molecule has 2 aromatic heterocycles. The van der Waals surface area contributed by atoms with Crippen molar-refractivity contribution >= 4 is 27.3 Å². The Bertz CT molecular complexity index is 770. The summed E-state index contributed by atoms with van der Waals surface area (Å²) in [6, 6.07) is 7.37. The fourth-order valence-corrected chi connectivity index (χ4v) is 4.53. The molecule has 23 heavy (non-hydrogen) atoms. The van der Waals surface area contributed by atoms with Crippen molar-refractivity contribution in [3.05, 3.63) is 36.5 Å². The van der Waals surface area contributed by atoms with E-state index in [9.17, 15) is 18.3 Å². The Hall–Kier alpha value is -1.77. The first kappa shape index (κ1) is 17.6. The van der Waals surface area contributed by atoms with Gasteiger partial charge in [-0.25, -0.2) is 8.42 Å². The molecule has 2 N–H and O–H groups in total. The number of hydrogen-bond acceptors (Lipinski definition) is 5. The fourth-order valence-electron chi connectivity index (χ4n) is 2.03. The molecule has 2 rings (SSSR count). The lowest BCUT2D eigenvalue weighted by Gasteiger charge is -2.15. The maximum atomic E-state index is 12.4. The van der Waals surface area contributed by atoms with Crippen LogP contribution in [0.1, 0.15) is 20.3 Å². The highest BCUT2D eigenvalue weighted by atomic mass is 32.2. The molecule has 0 saturated carbocycles. The van der Waals surface area contributed by atoms with Crippen LogP contribution < -0.4 is 4.72 Å². The number of rotatable bonds is 7. The Morgan fingerprint density at radius 2 is 2.04 bits per heavy atom. The lowest BCUT2D eigenvalue weighted by Crippen LogP contribution is -2.41. The van der Waals surface area contributed by atoms with Crippen molar-refractivity contribution in [1.82, 2.24) is 9.71 Å². The van der Waals surface area contributed by atoms with Gasteiger partial charge in [0.15, 0.2) is 0 Å². The number of nitrogens with one attached hydrogen (secondary N) is 1. The normalized spacial score (nSPS) is 13.2. The van der Waals surface area contributed by atoms with Crippen LogP contribution in [-0.4, -0.2) is 30.5 Å². The summed E-state index contributed by atoms with van der Waals surface area (Å²) >= 11 is 1.06. The predicted molar refractivity (Wildman–Crippen MR) is 88.8 cm³/mol. The number of carboxylic acid groups (broad SMARTS) is 1. The van der Waals surface area contributed by atoms with Crippen LogP contribution in [0.3, 0.4) is 0 Å². The van der Waals surface area contributed by atoms with E-state index in [2.05, 4.69) is 9.71 Å². The third-order valence-electron chi connectivity index (χ3n) is 3.07. The molecule has 2 aromatic rings. The highest BCUT2D eigenvalue weighted by Crippen LogP contribution is 2.29. The zero-order chi connectivity index (χ0) is 17.0. The molecule has 6 nitrogen and oxygen atoms in total. The van der Waals surface area contributed by atoms with Crippen molar-refractivity contribution < 1.29 is 18.3 Å². The minimum atomic E-state index is -3.88. The van der Waals surface area contributed by atoms with Gasteiger partial charge >= 0.3 is 5.97 Å². The highest BCUT2D eigenvalue weighted by molar-refractivity contribution is 7.91. The van der Waals surface area contributed by atoms with E-state index >= 15 is 0 Å². The fraction of sp³-hybridized carbons (Fsp3) is 0.333. The Morgan fingerprint density at radius 3 is 2.61 bits per heavy atom. The highest BCUT2D eigenvalue weighted by Gasteiger charge is 2.27. The molecule has 0 radical (unpaired) electrons. The summed E-state index contributed by atoms with van der Waals surface area (Å²) in [6.07, 6.45) is 1.86. The van der Waals surface area contributed by atoms with Gasteiger partial charge < -0.3 is 5.11 Å². The van der Waals surface area contributed by atoms with E-state index in [0.29, 0.717) is 10.6 Å². The summed E-state index contributed by atoms with van der Waals surface area (Å²) in [5.41, 5.74) is 0.677. The molecule has 0 saturated heterocycles. The third kappa shape index (κ3) is 4.60. The molecule has 0 spiro atoms. The number of aliphatic carboxylic acids is 1. The smallest absolute Gasteiger partial charge is 0.321 e. The number of thiophene rings is 1. The van der Waals surface area contributed by atoms with Crippen LogP contribution in [0.4, 0.5) is 0 Å². The first-order chi connectivity index (χ1) is 10.8. The van der Waals surface area contributed by atoms with E-state index in [1.165, 1.54) is 6.07 Å². The second-order valence-electron chi connectivity index (χ2n) is 5.48. The number of nitrogens with zero attached hydrogens (tertiary/aromatic N) is 1. The number of hydrogen-bond donors (Lipinski definition) is 2. The quantitative estimate of drug-likeness (QED) is 0.797. The van der Waals surface area contributed by atoms with E-state index in [4.69, 9.17) is 0 Å². The molecule has 8 heteroatoms. The monoisotopic (exact) mass is 354 g/mol. The zero-order valence-electron chi connectivity index (χ0n) is 12.8. The van der Waals surface area contributed by atoms with E-state index in [0.717, 1.165) is 11.3 Å². The number of aromatic nitrogens is 1. The molecule has 0 aliphatic carbocycles. The van der Waals surface area contributed by atoms with Crippen LogP contribution in [0, 0.1) is 5.92 Å². The van der Waals surface area contributed by atoms with Gasteiger partial charge in [-0.15, -0.1) is 11.3 Å². The van der Waals surface area contributed by atoms with Crippen LogP contribution in [0.25, 0.3) is 10.6 Å². The van der Waals surface area contributed by atoms with Gasteiger partial charge in [-0.3, -0.25) is 9.78 Å². The summed E-state index contributed by atoms with van der Waals surface area (Å²) < 4.78 is 27.1. The molecule has 0 amide bonds. The van der Waals surface area contributed by atoms with Crippen molar-refractivity contribution in [2.45, 2.75) is 30.5 Å². The maximum absolute atomic E-state index is 12.4. The SMILES string of the molecule is CC(C)CC(NS(=O)(=O)c1ccc(-c2ccccn2)s1)C(=O)O. The standard InChI is InChI=1S/C15H18N2O4S2/c1-10(2)9-12(15(18)19)17-23(20,21)14-7-6-13(22-14)11-5-3-4-8-16-11/h3-8,10,12,17H,9H2,1-2H3,(H,18,19). The number of carboxylic acids is 1. The molecule has 124 valence electrons. The Labute approximate surface area is 139 Å². The molecule has 0 aromatic carbocycles. The van der Waals surface area contributed by atoms with Crippen molar-refractivity contribution in [3.8, 4) is 10.6 Å². The second kappa shape index (κ2) is 7.20. The Morgan fingerprint density at radius 1 is 1.30 bits per heavy atom. The number of carbonyl (C=O) groups is 1. The van der Waals surface area contributed by atoms with Gasteiger partial charge in [-0.05, 0) is 36.6 Å². The summed E-state index contributed by atoms with van der Waals surface area (Å²) in [7, 11) is -3.88. The maximum Gasteiger partial charge on any atom is 0.321 e. The van der Waals surface area contributed by atoms with Gasteiger partial charge in [-0.1, -0.05) is 19.9 Å². The largest absolute Gasteiger partial charge is 0.480 e. The topological polar surface area (TPSA) is 96.4 Å². The van der Waals surface area contributed by atoms with Crippen LogP contribution in [0.2, 0.25) is 0 Å². The summed E-state index contributed by atoms with van der Waals surface area (Å²) in [4.78, 5) is 16.1. The van der Waals surface area contributed by atoms with Gasteiger partial charge in [0.2, 0.25) is 0 Å². The lowest BCUT2D eigenvalue weighted by molar-refractivity contribution is -0.139. The summed E-state index contributed by atoms with van der Waals surface area (Å²) in [5.74, 6) is -1.12. The van der Waals surface area contributed by atoms with E-state index in [-0.39, 0.29) is 16.5 Å². The third-order valence-corrected chi connectivity index (χ3v) is 6.14. The number of sulfonamides is 1. The van der Waals surface area contributed by atoms with Crippen LogP contribution in [0.15, 0.2) is 40.7 Å². The number of pyridine rings is 1. The van der Waals surface area contributed by atoms with Crippen molar-refractivity contribution in [2.24, 2.45) is 5.92 Å². The van der Waals surface area contributed by atoms with Gasteiger partial charge in [0.25, 0.3) is 10.0 Å². The average Bonchev–Trinajstić information content (AvgIpc) is 2.97. The van der Waals surface area contributed by atoms with Gasteiger partial charge in [0.1, 0.15) is 10.3 Å². The predicted octanol–water partition coefficient (Wildman–Crippen LogP) is 2.59. The molecule has 1 atom stereocenters. The lowest BCUT2D eigenvalue weighted by atomic mass is 10.1. The average molecular weight is 354 g/mol. The van der Waals surface area contributed by atoms with E-state index in [1.807, 2.05) is 19.9 Å². The first-order valence-corrected chi connectivity index (χ1v) is 9.36. The Kier molecular flexibility index (Phi) is 5.51. The van der Waals surface area contributed by atoms with Gasteiger partial charge in [0, 0.05) is 6.20 Å². The van der Waals surface area contributed by atoms with E-state index in [1.54, 1.807) is 24.4 Å². The molecule has 0 fully saturated rings. The molecule has 1 unspecified atom stereocenters. The van der Waals surface area contributed by atoms with Gasteiger partial charge in [-0.2, -0.15) is 4.72 Å². The molecule has 2 heterocycles. The van der Waals surface area contributed by atoms with Crippen molar-refractivity contribution in [1.29, 1.82) is 0 Å².